The number of likely N-dealkylation sites (tertiary alicyclic amines) is 1. The number of fused-ring (bicyclic) bond motifs is 1. The zero-order valence-electron chi connectivity index (χ0n) is 10.7. The van der Waals surface area contributed by atoms with Gasteiger partial charge in [0.1, 0.15) is 0 Å². The van der Waals surface area contributed by atoms with Gasteiger partial charge in [0.25, 0.3) is 6.08 Å². The van der Waals surface area contributed by atoms with E-state index in [2.05, 4.69) is 32.7 Å². The van der Waals surface area contributed by atoms with Crippen LogP contribution in [0, 0.1) is 5.92 Å². The lowest BCUT2D eigenvalue weighted by Crippen LogP contribution is -2.20. The van der Waals surface area contributed by atoms with Gasteiger partial charge in [-0.15, -0.1) is 12.6 Å². The Bertz CT molecular complexity index is 651. The fourth-order valence-electron chi connectivity index (χ4n) is 2.60. The van der Waals surface area contributed by atoms with Gasteiger partial charge in [0.05, 0.1) is 5.69 Å². The molecule has 1 fully saturated rings. The SMILES string of the molecule is FC(F)=CC1CCN(Cc2[nH]nc3ncc(S)cc23)C1. The summed E-state index contributed by atoms with van der Waals surface area (Å²) < 4.78 is 24.5. The monoisotopic (exact) mass is 296 g/mol. The molecule has 2 aromatic heterocycles. The molecule has 1 atom stereocenters. The van der Waals surface area contributed by atoms with Gasteiger partial charge in [-0.1, -0.05) is 0 Å². The van der Waals surface area contributed by atoms with Crippen molar-refractivity contribution in [2.45, 2.75) is 17.9 Å². The van der Waals surface area contributed by atoms with E-state index in [-0.39, 0.29) is 5.92 Å². The number of nitrogens with zero attached hydrogens (tertiary/aromatic N) is 3. The Morgan fingerprint density at radius 3 is 3.20 bits per heavy atom. The maximum atomic E-state index is 12.3. The highest BCUT2D eigenvalue weighted by atomic mass is 32.1. The Morgan fingerprint density at radius 2 is 2.40 bits per heavy atom. The lowest BCUT2D eigenvalue weighted by atomic mass is 10.1. The molecule has 1 unspecified atom stereocenters. The number of rotatable bonds is 3. The first kappa shape index (κ1) is 13.5. The van der Waals surface area contributed by atoms with Gasteiger partial charge in [-0.2, -0.15) is 13.9 Å². The Kier molecular flexibility index (Phi) is 3.71. The van der Waals surface area contributed by atoms with Crippen LogP contribution in [0.1, 0.15) is 12.1 Å². The van der Waals surface area contributed by atoms with Gasteiger partial charge in [0.2, 0.25) is 0 Å². The van der Waals surface area contributed by atoms with Crippen molar-refractivity contribution in [1.82, 2.24) is 20.1 Å². The third-order valence-electron chi connectivity index (χ3n) is 3.53. The molecule has 0 aromatic carbocycles. The third-order valence-corrected chi connectivity index (χ3v) is 3.77. The number of hydrogen-bond acceptors (Lipinski definition) is 4. The summed E-state index contributed by atoms with van der Waals surface area (Å²) in [7, 11) is 0. The Morgan fingerprint density at radius 1 is 1.55 bits per heavy atom. The van der Waals surface area contributed by atoms with Gasteiger partial charge in [-0.25, -0.2) is 4.98 Å². The fourth-order valence-corrected chi connectivity index (χ4v) is 2.79. The highest BCUT2D eigenvalue weighted by molar-refractivity contribution is 7.80. The van der Waals surface area contributed by atoms with E-state index < -0.39 is 6.08 Å². The normalized spacial score (nSPS) is 19.6. The maximum Gasteiger partial charge on any atom is 0.266 e. The van der Waals surface area contributed by atoms with Crippen LogP contribution >= 0.6 is 12.6 Å². The van der Waals surface area contributed by atoms with Crippen molar-refractivity contribution < 1.29 is 8.78 Å². The topological polar surface area (TPSA) is 44.8 Å². The quantitative estimate of drug-likeness (QED) is 0.856. The van der Waals surface area contributed by atoms with E-state index >= 15 is 0 Å². The number of H-pyrrole nitrogens is 1. The summed E-state index contributed by atoms with van der Waals surface area (Å²) in [5.74, 6) is -0.0623. The highest BCUT2D eigenvalue weighted by Crippen LogP contribution is 2.24. The number of nitrogens with one attached hydrogen (secondary N) is 1. The van der Waals surface area contributed by atoms with E-state index in [0.29, 0.717) is 18.7 Å². The molecule has 20 heavy (non-hydrogen) atoms. The van der Waals surface area contributed by atoms with Gasteiger partial charge >= 0.3 is 0 Å². The molecular formula is C13H14F2N4S. The van der Waals surface area contributed by atoms with Gasteiger partial charge in [0.15, 0.2) is 5.65 Å². The molecule has 0 spiro atoms. The van der Waals surface area contributed by atoms with Gasteiger partial charge in [-0.05, 0) is 31.0 Å². The minimum atomic E-state index is -1.59. The van der Waals surface area contributed by atoms with Crippen LogP contribution in [0.25, 0.3) is 11.0 Å². The average molecular weight is 296 g/mol. The third kappa shape index (κ3) is 2.83. The summed E-state index contributed by atoms with van der Waals surface area (Å²) >= 11 is 4.27. The smallest absolute Gasteiger partial charge is 0.266 e. The minimum Gasteiger partial charge on any atom is -0.297 e. The standard InChI is InChI=1S/C13H14F2N4S/c14-12(15)3-8-1-2-19(6-8)7-11-10-4-9(20)5-16-13(10)18-17-11/h3-5,8,20H,1-2,6-7H2,(H,16,17,18). The first-order valence-electron chi connectivity index (χ1n) is 6.39. The number of aromatic amines is 1. The summed E-state index contributed by atoms with van der Waals surface area (Å²) in [5.41, 5.74) is 1.61. The van der Waals surface area contributed by atoms with E-state index in [1.54, 1.807) is 6.20 Å². The van der Waals surface area contributed by atoms with Crippen molar-refractivity contribution in [3.8, 4) is 0 Å². The second kappa shape index (κ2) is 5.49. The average Bonchev–Trinajstić information content (AvgIpc) is 2.97. The predicted octanol–water partition coefficient (Wildman–Crippen LogP) is 2.85. The zero-order valence-corrected chi connectivity index (χ0v) is 11.6. The molecule has 1 aliphatic rings. The van der Waals surface area contributed by atoms with Crippen LogP contribution in [-0.2, 0) is 6.54 Å². The van der Waals surface area contributed by atoms with Crippen LogP contribution in [0.4, 0.5) is 8.78 Å². The molecule has 1 N–H and O–H groups in total. The Labute approximate surface area is 120 Å². The van der Waals surface area contributed by atoms with Crippen LogP contribution in [0.15, 0.2) is 29.3 Å². The molecule has 0 radical (unpaired) electrons. The molecule has 4 nitrogen and oxygen atoms in total. The first-order chi connectivity index (χ1) is 9.61. The van der Waals surface area contributed by atoms with Crippen LogP contribution in [0.2, 0.25) is 0 Å². The molecule has 1 aliphatic heterocycles. The van der Waals surface area contributed by atoms with Crippen LogP contribution in [0.3, 0.4) is 0 Å². The molecule has 0 bridgehead atoms. The molecule has 3 heterocycles. The van der Waals surface area contributed by atoms with Gasteiger partial charge in [-0.3, -0.25) is 10.00 Å². The molecular weight excluding hydrogens is 282 g/mol. The summed E-state index contributed by atoms with van der Waals surface area (Å²) in [6.07, 6.45) is 1.88. The predicted molar refractivity (Wildman–Crippen MR) is 74.8 cm³/mol. The van der Waals surface area contributed by atoms with Crippen molar-refractivity contribution in [1.29, 1.82) is 0 Å². The largest absolute Gasteiger partial charge is 0.297 e. The van der Waals surface area contributed by atoms with E-state index in [1.807, 2.05) is 6.07 Å². The first-order valence-corrected chi connectivity index (χ1v) is 6.83. The van der Waals surface area contributed by atoms with Crippen molar-refractivity contribution in [2.24, 2.45) is 5.92 Å². The summed E-state index contributed by atoms with van der Waals surface area (Å²) in [6.45, 7) is 2.11. The number of thiol groups is 1. The number of halogens is 2. The summed E-state index contributed by atoms with van der Waals surface area (Å²) in [6, 6.07) is 1.92. The zero-order chi connectivity index (χ0) is 14.1. The molecule has 1 saturated heterocycles. The second-order valence-electron chi connectivity index (χ2n) is 5.01. The maximum absolute atomic E-state index is 12.3. The van der Waals surface area contributed by atoms with Crippen molar-refractivity contribution in [3.63, 3.8) is 0 Å². The van der Waals surface area contributed by atoms with Crippen molar-refractivity contribution >= 4 is 23.7 Å². The van der Waals surface area contributed by atoms with E-state index in [4.69, 9.17) is 0 Å². The Balaban J connectivity index is 1.74. The lowest BCUT2D eigenvalue weighted by Gasteiger charge is -2.13. The number of aromatic nitrogens is 3. The van der Waals surface area contributed by atoms with Crippen LogP contribution in [0.5, 0.6) is 0 Å². The van der Waals surface area contributed by atoms with E-state index in [0.717, 1.165) is 35.0 Å². The van der Waals surface area contributed by atoms with Crippen molar-refractivity contribution in [3.05, 3.63) is 30.1 Å². The van der Waals surface area contributed by atoms with Gasteiger partial charge < -0.3 is 0 Å². The molecule has 106 valence electrons. The molecule has 0 saturated carbocycles. The lowest BCUT2D eigenvalue weighted by molar-refractivity contribution is 0.319. The van der Waals surface area contributed by atoms with E-state index in [1.165, 1.54) is 0 Å². The minimum absolute atomic E-state index is 0.0623. The van der Waals surface area contributed by atoms with Crippen molar-refractivity contribution in [2.75, 3.05) is 13.1 Å². The highest BCUT2D eigenvalue weighted by Gasteiger charge is 2.22. The van der Waals surface area contributed by atoms with Gasteiger partial charge in [0, 0.05) is 29.6 Å². The Hall–Kier alpha value is -1.47. The summed E-state index contributed by atoms with van der Waals surface area (Å²) in [4.78, 5) is 7.10. The van der Waals surface area contributed by atoms with Crippen LogP contribution < -0.4 is 0 Å². The molecule has 2 aromatic rings. The number of pyridine rings is 1. The van der Waals surface area contributed by atoms with Crippen LogP contribution in [-0.4, -0.2) is 33.2 Å². The molecule has 0 aliphatic carbocycles. The second-order valence-corrected chi connectivity index (χ2v) is 5.52. The van der Waals surface area contributed by atoms with E-state index in [9.17, 15) is 8.78 Å². The fraction of sp³-hybridized carbons (Fsp3) is 0.385. The molecule has 3 rings (SSSR count). The molecule has 7 heteroatoms. The summed E-state index contributed by atoms with van der Waals surface area (Å²) in [5, 5.41) is 8.05. The number of hydrogen-bond donors (Lipinski definition) is 2. The molecule has 0 amide bonds.